The molecule has 2 N–H and O–H groups in total. The molecule has 0 aliphatic heterocycles. The first-order valence-corrected chi connectivity index (χ1v) is 6.85. The van der Waals surface area contributed by atoms with Gasteiger partial charge in [-0.3, -0.25) is 4.90 Å². The van der Waals surface area contributed by atoms with E-state index in [4.69, 9.17) is 10.5 Å². The maximum atomic E-state index is 5.72. The number of benzene rings is 1. The minimum Gasteiger partial charge on any atom is -0.496 e. The Morgan fingerprint density at radius 3 is 2.42 bits per heavy atom. The first-order valence-electron chi connectivity index (χ1n) is 6.85. The lowest BCUT2D eigenvalue weighted by Crippen LogP contribution is -2.38. The lowest BCUT2D eigenvalue weighted by molar-refractivity contribution is 0.133. The Labute approximate surface area is 117 Å². The summed E-state index contributed by atoms with van der Waals surface area (Å²) in [5.41, 5.74) is 8.32. The van der Waals surface area contributed by atoms with Crippen molar-refractivity contribution in [3.05, 3.63) is 29.3 Å². The summed E-state index contributed by atoms with van der Waals surface area (Å²) in [4.78, 5) is 2.36. The molecule has 0 spiro atoms. The van der Waals surface area contributed by atoms with Crippen LogP contribution in [0.15, 0.2) is 18.2 Å². The second-order valence-corrected chi connectivity index (χ2v) is 6.31. The van der Waals surface area contributed by atoms with Gasteiger partial charge in [-0.25, -0.2) is 0 Å². The molecule has 1 unspecified atom stereocenters. The van der Waals surface area contributed by atoms with Crippen LogP contribution in [0.1, 0.15) is 38.8 Å². The summed E-state index contributed by atoms with van der Waals surface area (Å²) in [7, 11) is 3.87. The summed E-state index contributed by atoms with van der Waals surface area (Å²) < 4.78 is 5.44. The third-order valence-electron chi connectivity index (χ3n) is 3.91. The van der Waals surface area contributed by atoms with Gasteiger partial charge in [-0.1, -0.05) is 26.8 Å². The molecule has 1 aromatic carbocycles. The second-order valence-electron chi connectivity index (χ2n) is 6.31. The van der Waals surface area contributed by atoms with Crippen LogP contribution in [0.4, 0.5) is 0 Å². The van der Waals surface area contributed by atoms with Crippen LogP contribution in [-0.2, 0) is 13.1 Å². The highest BCUT2D eigenvalue weighted by Gasteiger charge is 2.24. The maximum absolute atomic E-state index is 5.72. The fourth-order valence-electron chi connectivity index (χ4n) is 2.15. The Hall–Kier alpha value is -1.06. The van der Waals surface area contributed by atoms with Crippen LogP contribution in [0.5, 0.6) is 5.75 Å². The molecule has 108 valence electrons. The van der Waals surface area contributed by atoms with Gasteiger partial charge in [0.15, 0.2) is 0 Å². The Kier molecular flexibility index (Phi) is 5.39. The van der Waals surface area contributed by atoms with Crippen molar-refractivity contribution in [2.45, 2.75) is 46.8 Å². The molecule has 0 aromatic heterocycles. The number of nitrogens with zero attached hydrogens (tertiary/aromatic N) is 1. The Bertz CT molecular complexity index is 410. The van der Waals surface area contributed by atoms with Gasteiger partial charge in [0.2, 0.25) is 0 Å². The number of hydrogen-bond acceptors (Lipinski definition) is 3. The van der Waals surface area contributed by atoms with E-state index in [9.17, 15) is 0 Å². The van der Waals surface area contributed by atoms with Crippen molar-refractivity contribution >= 4 is 0 Å². The highest BCUT2D eigenvalue weighted by molar-refractivity contribution is 5.37. The lowest BCUT2D eigenvalue weighted by Gasteiger charge is -2.35. The monoisotopic (exact) mass is 264 g/mol. The van der Waals surface area contributed by atoms with Gasteiger partial charge in [-0.2, -0.15) is 0 Å². The van der Waals surface area contributed by atoms with Gasteiger partial charge in [0.25, 0.3) is 0 Å². The zero-order chi connectivity index (χ0) is 14.6. The van der Waals surface area contributed by atoms with Crippen LogP contribution in [0.2, 0.25) is 0 Å². The van der Waals surface area contributed by atoms with Crippen molar-refractivity contribution in [2.24, 2.45) is 11.1 Å². The van der Waals surface area contributed by atoms with Crippen molar-refractivity contribution in [1.29, 1.82) is 0 Å². The fourth-order valence-corrected chi connectivity index (χ4v) is 2.15. The predicted molar refractivity (Wildman–Crippen MR) is 81.3 cm³/mol. The normalized spacial score (nSPS) is 13.7. The first kappa shape index (κ1) is 16.0. The SMILES string of the molecule is COc1ccc(CN)cc1CN(C)C(C)C(C)(C)C. The first-order chi connectivity index (χ1) is 8.79. The second kappa shape index (κ2) is 6.40. The highest BCUT2D eigenvalue weighted by Crippen LogP contribution is 2.27. The van der Waals surface area contributed by atoms with E-state index >= 15 is 0 Å². The van der Waals surface area contributed by atoms with Crippen molar-refractivity contribution in [2.75, 3.05) is 14.2 Å². The number of hydrogen-bond donors (Lipinski definition) is 1. The van der Waals surface area contributed by atoms with Crippen LogP contribution in [-0.4, -0.2) is 25.1 Å². The molecule has 0 fully saturated rings. The van der Waals surface area contributed by atoms with Gasteiger partial charge >= 0.3 is 0 Å². The molecule has 0 aliphatic carbocycles. The van der Waals surface area contributed by atoms with E-state index in [1.807, 2.05) is 12.1 Å². The van der Waals surface area contributed by atoms with E-state index in [0.717, 1.165) is 17.9 Å². The summed E-state index contributed by atoms with van der Waals surface area (Å²) in [5, 5.41) is 0. The van der Waals surface area contributed by atoms with Gasteiger partial charge in [0.1, 0.15) is 5.75 Å². The van der Waals surface area contributed by atoms with E-state index in [1.54, 1.807) is 7.11 Å². The van der Waals surface area contributed by atoms with E-state index in [2.05, 4.69) is 45.7 Å². The van der Waals surface area contributed by atoms with Crippen LogP contribution in [0.3, 0.4) is 0 Å². The van der Waals surface area contributed by atoms with Gasteiger partial charge in [0.05, 0.1) is 7.11 Å². The number of rotatable bonds is 5. The van der Waals surface area contributed by atoms with Crippen molar-refractivity contribution < 1.29 is 4.74 Å². The number of nitrogens with two attached hydrogens (primary N) is 1. The van der Waals surface area contributed by atoms with Crippen molar-refractivity contribution in [3.8, 4) is 5.75 Å². The standard InChI is InChI=1S/C16H28N2O/c1-12(16(2,3)4)18(5)11-14-9-13(10-17)7-8-15(14)19-6/h7-9,12H,10-11,17H2,1-6H3. The molecule has 1 atom stereocenters. The zero-order valence-corrected chi connectivity index (χ0v) is 13.2. The molecule has 3 nitrogen and oxygen atoms in total. The van der Waals surface area contributed by atoms with E-state index in [-0.39, 0.29) is 5.41 Å². The average molecular weight is 264 g/mol. The third-order valence-corrected chi connectivity index (χ3v) is 3.91. The van der Waals surface area contributed by atoms with E-state index in [1.165, 1.54) is 5.56 Å². The Morgan fingerprint density at radius 1 is 1.32 bits per heavy atom. The summed E-state index contributed by atoms with van der Waals surface area (Å²) in [5.74, 6) is 0.935. The van der Waals surface area contributed by atoms with Crippen molar-refractivity contribution in [1.82, 2.24) is 4.90 Å². The van der Waals surface area contributed by atoms with E-state index in [0.29, 0.717) is 12.6 Å². The van der Waals surface area contributed by atoms with Gasteiger partial charge in [-0.05, 0) is 37.1 Å². The average Bonchev–Trinajstić information content (AvgIpc) is 2.36. The minimum atomic E-state index is 0.257. The maximum Gasteiger partial charge on any atom is 0.123 e. The Balaban J connectivity index is 2.91. The summed E-state index contributed by atoms with van der Waals surface area (Å²) in [6.07, 6.45) is 0. The minimum absolute atomic E-state index is 0.257. The lowest BCUT2D eigenvalue weighted by atomic mass is 9.87. The van der Waals surface area contributed by atoms with Gasteiger partial charge in [0, 0.05) is 24.7 Å². The van der Waals surface area contributed by atoms with Crippen LogP contribution < -0.4 is 10.5 Å². The molecule has 0 saturated heterocycles. The predicted octanol–water partition coefficient (Wildman–Crippen LogP) is 3.02. The quantitative estimate of drug-likeness (QED) is 0.888. The molecule has 0 radical (unpaired) electrons. The molecule has 3 heteroatoms. The summed E-state index contributed by atoms with van der Waals surface area (Å²) >= 11 is 0. The molecule has 0 heterocycles. The zero-order valence-electron chi connectivity index (χ0n) is 13.2. The number of ether oxygens (including phenoxy) is 1. The molecular weight excluding hydrogens is 236 g/mol. The van der Waals surface area contributed by atoms with Gasteiger partial charge < -0.3 is 10.5 Å². The molecule has 19 heavy (non-hydrogen) atoms. The number of methoxy groups -OCH3 is 1. The molecule has 0 bridgehead atoms. The smallest absolute Gasteiger partial charge is 0.123 e. The highest BCUT2D eigenvalue weighted by atomic mass is 16.5. The molecule has 0 aliphatic rings. The van der Waals surface area contributed by atoms with Crippen molar-refractivity contribution in [3.63, 3.8) is 0 Å². The molecule has 0 amide bonds. The molecular formula is C16H28N2O. The van der Waals surface area contributed by atoms with E-state index < -0.39 is 0 Å². The summed E-state index contributed by atoms with van der Waals surface area (Å²) in [6.45, 7) is 10.5. The fraction of sp³-hybridized carbons (Fsp3) is 0.625. The molecule has 0 saturated carbocycles. The van der Waals surface area contributed by atoms with Crippen LogP contribution >= 0.6 is 0 Å². The van der Waals surface area contributed by atoms with Crippen LogP contribution in [0.25, 0.3) is 0 Å². The third kappa shape index (κ3) is 4.22. The summed E-state index contributed by atoms with van der Waals surface area (Å²) in [6, 6.07) is 6.66. The van der Waals surface area contributed by atoms with Gasteiger partial charge in [-0.15, -0.1) is 0 Å². The topological polar surface area (TPSA) is 38.5 Å². The molecule has 1 rings (SSSR count). The Morgan fingerprint density at radius 2 is 1.95 bits per heavy atom. The largest absolute Gasteiger partial charge is 0.496 e. The molecule has 1 aromatic rings. The van der Waals surface area contributed by atoms with Crippen LogP contribution in [0, 0.1) is 5.41 Å².